The highest BCUT2D eigenvalue weighted by molar-refractivity contribution is 5.73. The molecule has 3 aromatic rings. The predicted octanol–water partition coefficient (Wildman–Crippen LogP) is 8.27. The molecular formula is C37H42O3. The Bertz CT molecular complexity index is 1450. The molecule has 208 valence electrons. The molecule has 0 amide bonds. The van der Waals surface area contributed by atoms with Crippen molar-refractivity contribution in [2.75, 3.05) is 14.2 Å². The zero-order chi connectivity index (χ0) is 28.9. The summed E-state index contributed by atoms with van der Waals surface area (Å²) in [6.07, 6.45) is 5.26. The molecule has 3 nitrogen and oxygen atoms in total. The lowest BCUT2D eigenvalue weighted by Crippen LogP contribution is -2.27. The van der Waals surface area contributed by atoms with Gasteiger partial charge >= 0.3 is 5.97 Å². The molecule has 0 radical (unpaired) electrons. The topological polar surface area (TPSA) is 35.5 Å². The van der Waals surface area contributed by atoms with Crippen molar-refractivity contribution in [3.8, 4) is 23.0 Å². The Balaban J connectivity index is 1.64. The molecule has 1 aliphatic carbocycles. The Kier molecular flexibility index (Phi) is 9.02. The largest absolute Gasteiger partial charge is 0.469 e. The molecule has 40 heavy (non-hydrogen) atoms. The van der Waals surface area contributed by atoms with Gasteiger partial charge in [-0.3, -0.25) is 4.79 Å². The molecule has 0 bridgehead atoms. The zero-order valence-electron chi connectivity index (χ0n) is 24.9. The third-order valence-corrected chi connectivity index (χ3v) is 8.93. The molecular weight excluding hydrogens is 492 g/mol. The molecule has 0 heterocycles. The first-order valence-corrected chi connectivity index (χ1v) is 14.4. The molecule has 1 fully saturated rings. The van der Waals surface area contributed by atoms with E-state index in [4.69, 9.17) is 9.47 Å². The van der Waals surface area contributed by atoms with Crippen molar-refractivity contribution >= 4 is 5.97 Å². The fraction of sp³-hybridized carbons (Fsp3) is 0.378. The molecule has 0 spiro atoms. The summed E-state index contributed by atoms with van der Waals surface area (Å²) in [6.45, 7) is 13.1. The number of methoxy groups -OCH3 is 2. The van der Waals surface area contributed by atoms with Crippen molar-refractivity contribution in [3.05, 3.63) is 106 Å². The molecule has 0 aliphatic heterocycles. The molecule has 1 saturated carbocycles. The van der Waals surface area contributed by atoms with Gasteiger partial charge in [0.15, 0.2) is 0 Å². The maximum Gasteiger partial charge on any atom is 0.309 e. The Hall–Kier alpha value is -3.61. The predicted molar refractivity (Wildman–Crippen MR) is 164 cm³/mol. The van der Waals surface area contributed by atoms with Gasteiger partial charge in [-0.05, 0) is 96.5 Å². The number of aryl methyl sites for hydroxylation is 2. The van der Waals surface area contributed by atoms with Gasteiger partial charge < -0.3 is 9.47 Å². The Morgan fingerprint density at radius 1 is 0.950 bits per heavy atom. The first kappa shape index (κ1) is 29.4. The van der Waals surface area contributed by atoms with E-state index in [2.05, 4.69) is 94.6 Å². The fourth-order valence-electron chi connectivity index (χ4n) is 6.21. The molecule has 3 aromatic carbocycles. The number of ether oxygens (including phenoxy) is 2. The van der Waals surface area contributed by atoms with E-state index in [-0.39, 0.29) is 17.8 Å². The van der Waals surface area contributed by atoms with Crippen LogP contribution < -0.4 is 0 Å². The van der Waals surface area contributed by atoms with Crippen molar-refractivity contribution in [1.29, 1.82) is 0 Å². The maximum absolute atomic E-state index is 11.6. The van der Waals surface area contributed by atoms with Gasteiger partial charge in [0.25, 0.3) is 0 Å². The number of carbonyl (C=O) groups excluding carboxylic acids is 1. The highest BCUT2D eigenvalue weighted by atomic mass is 16.5. The van der Waals surface area contributed by atoms with Gasteiger partial charge in [0.1, 0.15) is 5.60 Å². The van der Waals surface area contributed by atoms with Crippen LogP contribution in [0.3, 0.4) is 0 Å². The highest BCUT2D eigenvalue weighted by Crippen LogP contribution is 2.41. The minimum atomic E-state index is -0.511. The third-order valence-electron chi connectivity index (χ3n) is 8.93. The quantitative estimate of drug-likeness (QED) is 0.166. The van der Waals surface area contributed by atoms with Crippen molar-refractivity contribution in [2.24, 2.45) is 0 Å². The van der Waals surface area contributed by atoms with E-state index >= 15 is 0 Å². The molecule has 1 atom stereocenters. The monoisotopic (exact) mass is 534 g/mol. The third kappa shape index (κ3) is 5.65. The zero-order valence-corrected chi connectivity index (χ0v) is 24.9. The lowest BCUT2D eigenvalue weighted by atomic mass is 9.69. The number of esters is 1. The van der Waals surface area contributed by atoms with E-state index in [0.29, 0.717) is 0 Å². The van der Waals surface area contributed by atoms with Crippen molar-refractivity contribution in [3.63, 3.8) is 0 Å². The minimum Gasteiger partial charge on any atom is -0.469 e. The second kappa shape index (κ2) is 12.3. The summed E-state index contributed by atoms with van der Waals surface area (Å²) in [4.78, 5) is 11.6. The SMILES string of the molecule is C=C1CCCC1(C#Cc1ccc(C(CC)(CC)c2ccc(-c3ccc(CC(=O)OC)cc3)c(C)c2)cc1C)OC. The van der Waals surface area contributed by atoms with Crippen molar-refractivity contribution in [1.82, 2.24) is 0 Å². The molecule has 1 aliphatic rings. The van der Waals surface area contributed by atoms with Crippen LogP contribution in [-0.4, -0.2) is 25.8 Å². The minimum absolute atomic E-state index is 0.0854. The lowest BCUT2D eigenvalue weighted by molar-refractivity contribution is -0.139. The molecule has 1 unspecified atom stereocenters. The molecule has 0 saturated heterocycles. The summed E-state index contributed by atoms with van der Waals surface area (Å²) >= 11 is 0. The average molecular weight is 535 g/mol. The summed E-state index contributed by atoms with van der Waals surface area (Å²) in [6, 6.07) is 21.8. The van der Waals surface area contributed by atoms with Gasteiger partial charge in [0, 0.05) is 18.1 Å². The van der Waals surface area contributed by atoms with Gasteiger partial charge in [0.2, 0.25) is 0 Å². The molecule has 4 rings (SSSR count). The van der Waals surface area contributed by atoms with Crippen LogP contribution in [-0.2, 0) is 26.1 Å². The number of benzene rings is 3. The van der Waals surface area contributed by atoms with Crippen LogP contribution in [0.1, 0.15) is 79.3 Å². The summed E-state index contributed by atoms with van der Waals surface area (Å²) in [5, 5.41) is 0. The second-order valence-electron chi connectivity index (χ2n) is 11.0. The molecule has 0 N–H and O–H groups in total. The number of hydrogen-bond donors (Lipinski definition) is 0. The smallest absolute Gasteiger partial charge is 0.309 e. The van der Waals surface area contributed by atoms with E-state index in [1.807, 2.05) is 12.1 Å². The summed E-state index contributed by atoms with van der Waals surface area (Å²) in [7, 11) is 3.16. The van der Waals surface area contributed by atoms with E-state index in [0.717, 1.165) is 54.4 Å². The Morgan fingerprint density at radius 2 is 1.60 bits per heavy atom. The normalized spacial score (nSPS) is 16.9. The van der Waals surface area contributed by atoms with Crippen LogP contribution in [0, 0.1) is 25.7 Å². The van der Waals surface area contributed by atoms with Crippen LogP contribution >= 0.6 is 0 Å². The summed E-state index contributed by atoms with van der Waals surface area (Å²) < 4.78 is 10.6. The Labute approximate surface area is 240 Å². The van der Waals surface area contributed by atoms with E-state index in [1.165, 1.54) is 34.9 Å². The van der Waals surface area contributed by atoms with Gasteiger partial charge in [0.05, 0.1) is 13.5 Å². The fourth-order valence-corrected chi connectivity index (χ4v) is 6.21. The van der Waals surface area contributed by atoms with Crippen molar-refractivity contribution in [2.45, 2.75) is 77.2 Å². The second-order valence-corrected chi connectivity index (χ2v) is 11.0. The van der Waals surface area contributed by atoms with Crippen LogP contribution in [0.5, 0.6) is 0 Å². The number of rotatable bonds is 8. The summed E-state index contributed by atoms with van der Waals surface area (Å²) in [5.74, 6) is 6.62. The standard InChI is InChI=1S/C37H42O3/c1-8-36(9-2,32-17-16-30(26(3)23-32)20-22-37(40-7)21-10-11-28(37)5)33-18-19-34(27(4)24-33)31-14-12-29(13-15-31)25-35(38)39-6/h12-19,23-24H,5,8-11,21,25H2,1-4,6-7H3. The lowest BCUT2D eigenvalue weighted by Gasteiger charge is -2.34. The van der Waals surface area contributed by atoms with E-state index in [9.17, 15) is 4.79 Å². The first-order valence-electron chi connectivity index (χ1n) is 14.4. The van der Waals surface area contributed by atoms with E-state index in [1.54, 1.807) is 7.11 Å². The van der Waals surface area contributed by atoms with Crippen molar-refractivity contribution < 1.29 is 14.3 Å². The van der Waals surface area contributed by atoms with Gasteiger partial charge in [-0.15, -0.1) is 0 Å². The molecule has 0 aromatic heterocycles. The number of hydrogen-bond acceptors (Lipinski definition) is 3. The Morgan fingerprint density at radius 3 is 2.12 bits per heavy atom. The van der Waals surface area contributed by atoms with E-state index < -0.39 is 5.60 Å². The first-order chi connectivity index (χ1) is 19.2. The highest BCUT2D eigenvalue weighted by Gasteiger charge is 2.36. The van der Waals surface area contributed by atoms with Crippen LogP contribution in [0.25, 0.3) is 11.1 Å². The summed E-state index contributed by atoms with van der Waals surface area (Å²) in [5.41, 5.74) is 9.93. The van der Waals surface area contributed by atoms with Crippen LogP contribution in [0.15, 0.2) is 72.8 Å². The maximum atomic E-state index is 11.6. The van der Waals surface area contributed by atoms with Crippen LogP contribution in [0.2, 0.25) is 0 Å². The van der Waals surface area contributed by atoms with Gasteiger partial charge in [-0.25, -0.2) is 0 Å². The molecule has 3 heteroatoms. The average Bonchev–Trinajstić information content (AvgIpc) is 3.34. The van der Waals surface area contributed by atoms with Gasteiger partial charge in [-0.1, -0.05) is 86.9 Å². The van der Waals surface area contributed by atoms with Crippen LogP contribution in [0.4, 0.5) is 0 Å². The van der Waals surface area contributed by atoms with Gasteiger partial charge in [-0.2, -0.15) is 0 Å². The number of carbonyl (C=O) groups is 1.